The van der Waals surface area contributed by atoms with Crippen molar-refractivity contribution in [1.82, 2.24) is 20.2 Å². The Bertz CT molecular complexity index is 697. The monoisotopic (exact) mass is 356 g/mol. The van der Waals surface area contributed by atoms with E-state index in [1.807, 2.05) is 24.3 Å². The summed E-state index contributed by atoms with van der Waals surface area (Å²) < 4.78 is 5.45. The number of imidazole rings is 1. The van der Waals surface area contributed by atoms with E-state index in [9.17, 15) is 4.79 Å². The van der Waals surface area contributed by atoms with Crippen molar-refractivity contribution in [2.75, 3.05) is 32.8 Å². The van der Waals surface area contributed by atoms with Crippen molar-refractivity contribution in [2.24, 2.45) is 5.92 Å². The average Bonchev–Trinajstić information content (AvgIpc) is 3.11. The number of ether oxygens (including phenoxy) is 1. The smallest absolute Gasteiger partial charge is 0.223 e. The fraction of sp³-hybridized carbons (Fsp3) is 0.600. The van der Waals surface area contributed by atoms with Gasteiger partial charge in [-0.25, -0.2) is 4.98 Å². The van der Waals surface area contributed by atoms with Gasteiger partial charge in [0.15, 0.2) is 0 Å². The van der Waals surface area contributed by atoms with Gasteiger partial charge in [0.25, 0.3) is 0 Å². The highest BCUT2D eigenvalue weighted by Gasteiger charge is 2.29. The second kappa shape index (κ2) is 8.18. The topological polar surface area (TPSA) is 70.2 Å². The predicted octanol–water partition coefficient (Wildman–Crippen LogP) is 2.11. The number of rotatable bonds is 5. The molecule has 0 atom stereocenters. The predicted molar refractivity (Wildman–Crippen MR) is 101 cm³/mol. The first-order chi connectivity index (χ1) is 12.8. The Morgan fingerprint density at radius 2 is 1.96 bits per heavy atom. The van der Waals surface area contributed by atoms with Crippen LogP contribution in [-0.4, -0.2) is 59.7 Å². The molecule has 6 nitrogen and oxygen atoms in total. The molecule has 0 radical (unpaired) electrons. The highest BCUT2D eigenvalue weighted by molar-refractivity contribution is 5.78. The maximum atomic E-state index is 12.5. The zero-order valence-corrected chi connectivity index (χ0v) is 15.2. The molecule has 2 saturated heterocycles. The number of H-pyrrole nitrogens is 1. The van der Waals surface area contributed by atoms with Gasteiger partial charge in [0.05, 0.1) is 11.0 Å². The SMILES string of the molecule is O=C(NCCc1nc2ccccc2[nH]1)C1CCN(C2CCOCC2)CC1. The summed E-state index contributed by atoms with van der Waals surface area (Å²) in [6, 6.07) is 8.66. The minimum absolute atomic E-state index is 0.154. The maximum Gasteiger partial charge on any atom is 0.223 e. The van der Waals surface area contributed by atoms with E-state index < -0.39 is 0 Å². The Morgan fingerprint density at radius 1 is 1.19 bits per heavy atom. The number of aromatic nitrogens is 2. The first kappa shape index (κ1) is 17.5. The van der Waals surface area contributed by atoms with Crippen molar-refractivity contribution in [1.29, 1.82) is 0 Å². The van der Waals surface area contributed by atoms with Gasteiger partial charge < -0.3 is 19.9 Å². The van der Waals surface area contributed by atoms with Crippen LogP contribution in [-0.2, 0) is 16.0 Å². The second-order valence-electron chi connectivity index (χ2n) is 7.40. The first-order valence-corrected chi connectivity index (χ1v) is 9.83. The standard InChI is InChI=1S/C20H28N4O2/c25-20(15-6-11-24(12-7-15)16-8-13-26-14-9-16)21-10-5-19-22-17-3-1-2-4-18(17)23-19/h1-4,15-16H,5-14H2,(H,21,25)(H,22,23). The molecule has 0 bridgehead atoms. The van der Waals surface area contributed by atoms with Crippen molar-refractivity contribution in [2.45, 2.75) is 38.1 Å². The number of carbonyl (C=O) groups excluding carboxylic acids is 1. The molecule has 2 aliphatic rings. The van der Waals surface area contributed by atoms with Gasteiger partial charge in [-0.15, -0.1) is 0 Å². The molecule has 0 spiro atoms. The number of piperidine rings is 1. The Hall–Kier alpha value is -1.92. The van der Waals surface area contributed by atoms with Crippen LogP contribution < -0.4 is 5.32 Å². The third kappa shape index (κ3) is 4.07. The molecule has 6 heteroatoms. The van der Waals surface area contributed by atoms with Crippen LogP contribution in [0.25, 0.3) is 11.0 Å². The van der Waals surface area contributed by atoms with E-state index in [1.54, 1.807) is 0 Å². The molecule has 26 heavy (non-hydrogen) atoms. The van der Waals surface area contributed by atoms with Crippen LogP contribution >= 0.6 is 0 Å². The normalized spacial score (nSPS) is 20.5. The van der Waals surface area contributed by atoms with Gasteiger partial charge in [0.2, 0.25) is 5.91 Å². The molecule has 0 aliphatic carbocycles. The molecule has 2 aliphatic heterocycles. The molecular weight excluding hydrogens is 328 g/mol. The minimum atomic E-state index is 0.154. The van der Waals surface area contributed by atoms with Gasteiger partial charge in [0.1, 0.15) is 5.82 Å². The van der Waals surface area contributed by atoms with Crippen LogP contribution in [0.3, 0.4) is 0 Å². The fourth-order valence-electron chi connectivity index (χ4n) is 4.15. The highest BCUT2D eigenvalue weighted by Crippen LogP contribution is 2.23. The van der Waals surface area contributed by atoms with E-state index in [0.717, 1.165) is 75.3 Å². The van der Waals surface area contributed by atoms with Crippen LogP contribution in [0.15, 0.2) is 24.3 Å². The van der Waals surface area contributed by atoms with Crippen LogP contribution in [0.5, 0.6) is 0 Å². The largest absolute Gasteiger partial charge is 0.381 e. The van der Waals surface area contributed by atoms with E-state index in [2.05, 4.69) is 20.2 Å². The van der Waals surface area contributed by atoms with Crippen molar-refractivity contribution >= 4 is 16.9 Å². The fourth-order valence-corrected chi connectivity index (χ4v) is 4.15. The summed E-state index contributed by atoms with van der Waals surface area (Å²) in [6.07, 6.45) is 4.94. The zero-order valence-electron chi connectivity index (χ0n) is 15.2. The van der Waals surface area contributed by atoms with E-state index in [-0.39, 0.29) is 11.8 Å². The van der Waals surface area contributed by atoms with E-state index >= 15 is 0 Å². The lowest BCUT2D eigenvalue weighted by Gasteiger charge is -2.38. The Balaban J connectivity index is 1.20. The number of amides is 1. The number of nitrogens with one attached hydrogen (secondary N) is 2. The van der Waals surface area contributed by atoms with Crippen LogP contribution in [0.1, 0.15) is 31.5 Å². The molecule has 0 unspecified atom stereocenters. The number of likely N-dealkylation sites (tertiary alicyclic amines) is 1. The number of para-hydroxylation sites is 2. The molecule has 1 aromatic carbocycles. The minimum Gasteiger partial charge on any atom is -0.381 e. The van der Waals surface area contributed by atoms with E-state index in [1.165, 1.54) is 0 Å². The van der Waals surface area contributed by atoms with Gasteiger partial charge in [0, 0.05) is 38.1 Å². The van der Waals surface area contributed by atoms with Crippen molar-refractivity contribution in [3.05, 3.63) is 30.1 Å². The third-order valence-electron chi connectivity index (χ3n) is 5.71. The molecule has 3 heterocycles. The number of fused-ring (bicyclic) bond motifs is 1. The van der Waals surface area contributed by atoms with Crippen molar-refractivity contribution in [3.63, 3.8) is 0 Å². The molecule has 2 aromatic rings. The molecule has 2 N–H and O–H groups in total. The average molecular weight is 356 g/mol. The van der Waals surface area contributed by atoms with Gasteiger partial charge in [-0.3, -0.25) is 4.79 Å². The number of carbonyl (C=O) groups is 1. The summed E-state index contributed by atoms with van der Waals surface area (Å²) >= 11 is 0. The number of hydrogen-bond donors (Lipinski definition) is 2. The van der Waals surface area contributed by atoms with Gasteiger partial charge in [-0.05, 0) is 50.9 Å². The summed E-state index contributed by atoms with van der Waals surface area (Å²) in [5.74, 6) is 1.29. The van der Waals surface area contributed by atoms with E-state index in [4.69, 9.17) is 4.74 Å². The summed E-state index contributed by atoms with van der Waals surface area (Å²) in [5.41, 5.74) is 2.03. The van der Waals surface area contributed by atoms with Gasteiger partial charge in [-0.2, -0.15) is 0 Å². The lowest BCUT2D eigenvalue weighted by molar-refractivity contribution is -0.126. The van der Waals surface area contributed by atoms with Gasteiger partial charge >= 0.3 is 0 Å². The maximum absolute atomic E-state index is 12.5. The molecular formula is C20H28N4O2. The van der Waals surface area contributed by atoms with Crippen molar-refractivity contribution < 1.29 is 9.53 Å². The number of aromatic amines is 1. The molecule has 4 rings (SSSR count). The molecule has 2 fully saturated rings. The number of benzene rings is 1. The Labute approximate surface area is 154 Å². The van der Waals surface area contributed by atoms with E-state index in [0.29, 0.717) is 12.6 Å². The summed E-state index contributed by atoms with van der Waals surface area (Å²) in [6.45, 7) is 4.47. The first-order valence-electron chi connectivity index (χ1n) is 9.83. The van der Waals surface area contributed by atoms with Crippen LogP contribution in [0.4, 0.5) is 0 Å². The number of nitrogens with zero attached hydrogens (tertiary/aromatic N) is 2. The summed E-state index contributed by atoms with van der Waals surface area (Å²) in [5, 5.41) is 3.10. The molecule has 1 aromatic heterocycles. The lowest BCUT2D eigenvalue weighted by atomic mass is 9.93. The Kier molecular flexibility index (Phi) is 5.51. The summed E-state index contributed by atoms with van der Waals surface area (Å²) in [7, 11) is 0. The zero-order chi connectivity index (χ0) is 17.8. The molecule has 140 valence electrons. The van der Waals surface area contributed by atoms with Crippen LogP contribution in [0.2, 0.25) is 0 Å². The van der Waals surface area contributed by atoms with Crippen LogP contribution in [0, 0.1) is 5.92 Å². The quantitative estimate of drug-likeness (QED) is 0.861. The highest BCUT2D eigenvalue weighted by atomic mass is 16.5. The Morgan fingerprint density at radius 3 is 2.73 bits per heavy atom. The van der Waals surface area contributed by atoms with Crippen molar-refractivity contribution in [3.8, 4) is 0 Å². The number of hydrogen-bond acceptors (Lipinski definition) is 4. The lowest BCUT2D eigenvalue weighted by Crippen LogP contribution is -2.46. The second-order valence-corrected chi connectivity index (χ2v) is 7.40. The third-order valence-corrected chi connectivity index (χ3v) is 5.71. The van der Waals surface area contributed by atoms with Gasteiger partial charge in [-0.1, -0.05) is 12.1 Å². The molecule has 0 saturated carbocycles. The summed E-state index contributed by atoms with van der Waals surface area (Å²) in [4.78, 5) is 22.9. The molecule has 1 amide bonds.